The minimum Gasteiger partial charge on any atom is -0.486 e. The summed E-state index contributed by atoms with van der Waals surface area (Å²) in [5.74, 6) is 0.308. The van der Waals surface area contributed by atoms with E-state index in [0.717, 1.165) is 13.0 Å². The van der Waals surface area contributed by atoms with Gasteiger partial charge in [-0.3, -0.25) is 4.68 Å². The molecule has 0 saturated heterocycles. The quantitative estimate of drug-likeness (QED) is 0.827. The third kappa shape index (κ3) is 3.23. The zero-order valence-corrected chi connectivity index (χ0v) is 10.8. The van der Waals surface area contributed by atoms with E-state index in [-0.39, 0.29) is 12.4 Å². The molecule has 3 nitrogen and oxygen atoms in total. The van der Waals surface area contributed by atoms with Crippen molar-refractivity contribution in [3.63, 3.8) is 0 Å². The van der Waals surface area contributed by atoms with Crippen LogP contribution in [0.15, 0.2) is 30.6 Å². The fourth-order valence-corrected chi connectivity index (χ4v) is 1.78. The van der Waals surface area contributed by atoms with Crippen LogP contribution in [0.1, 0.15) is 18.9 Å². The number of benzene rings is 1. The van der Waals surface area contributed by atoms with Crippen molar-refractivity contribution in [3.05, 3.63) is 47.0 Å². The van der Waals surface area contributed by atoms with Crippen molar-refractivity contribution in [1.82, 2.24) is 9.78 Å². The smallest absolute Gasteiger partial charge is 0.157 e. The summed E-state index contributed by atoms with van der Waals surface area (Å²) in [4.78, 5) is 0. The van der Waals surface area contributed by atoms with E-state index in [0.29, 0.717) is 16.3 Å². The number of nitrogens with zero attached hydrogens (tertiary/aromatic N) is 2. The number of hydrogen-bond acceptors (Lipinski definition) is 2. The van der Waals surface area contributed by atoms with E-state index in [1.807, 2.05) is 0 Å². The van der Waals surface area contributed by atoms with Gasteiger partial charge in [0.1, 0.15) is 12.4 Å². The van der Waals surface area contributed by atoms with Gasteiger partial charge in [-0.2, -0.15) is 5.10 Å². The molecule has 2 rings (SSSR count). The Bertz CT molecular complexity index is 527. The number of aromatic nitrogens is 2. The molecule has 0 bridgehead atoms. The Morgan fingerprint density at radius 2 is 2.28 bits per heavy atom. The molecule has 0 aliphatic heterocycles. The van der Waals surface area contributed by atoms with Gasteiger partial charge in [0.25, 0.3) is 0 Å². The van der Waals surface area contributed by atoms with Crippen molar-refractivity contribution in [2.75, 3.05) is 0 Å². The van der Waals surface area contributed by atoms with Crippen LogP contribution in [0.2, 0.25) is 5.02 Å². The summed E-state index contributed by atoms with van der Waals surface area (Å²) in [6, 6.07) is 4.41. The van der Waals surface area contributed by atoms with Gasteiger partial charge in [0.15, 0.2) is 5.75 Å². The number of ether oxygens (including phenoxy) is 1. The maximum absolute atomic E-state index is 13.4. The Balaban J connectivity index is 1.99. The molecule has 1 aromatic carbocycles. The first-order valence-corrected chi connectivity index (χ1v) is 6.16. The highest BCUT2D eigenvalue weighted by molar-refractivity contribution is 6.30. The Morgan fingerprint density at radius 3 is 3.06 bits per heavy atom. The first-order valence-electron chi connectivity index (χ1n) is 5.78. The van der Waals surface area contributed by atoms with Crippen LogP contribution in [0.25, 0.3) is 0 Å². The van der Waals surface area contributed by atoms with Crippen LogP contribution in [-0.2, 0) is 13.2 Å². The molecule has 1 aromatic heterocycles. The lowest BCUT2D eigenvalue weighted by molar-refractivity contribution is 0.299. The van der Waals surface area contributed by atoms with E-state index in [1.54, 1.807) is 23.1 Å². The van der Waals surface area contributed by atoms with Crippen molar-refractivity contribution in [2.24, 2.45) is 0 Å². The highest BCUT2D eigenvalue weighted by Gasteiger charge is 2.05. The summed E-state index contributed by atoms with van der Waals surface area (Å²) in [7, 11) is 0. The Hall–Kier alpha value is -1.55. The van der Waals surface area contributed by atoms with Gasteiger partial charge < -0.3 is 4.74 Å². The minimum atomic E-state index is -0.319. The summed E-state index contributed by atoms with van der Waals surface area (Å²) >= 11 is 5.81. The molecular weight excluding hydrogens is 255 g/mol. The molecule has 0 unspecified atom stereocenters. The molecule has 0 atom stereocenters. The first-order chi connectivity index (χ1) is 8.69. The van der Waals surface area contributed by atoms with Gasteiger partial charge in [0, 0.05) is 17.1 Å². The van der Waals surface area contributed by atoms with Crippen LogP contribution >= 0.6 is 11.6 Å². The molecule has 0 amide bonds. The van der Waals surface area contributed by atoms with E-state index >= 15 is 0 Å². The van der Waals surface area contributed by atoms with Gasteiger partial charge in [0.2, 0.25) is 0 Å². The Kier molecular flexibility index (Phi) is 4.20. The predicted octanol–water partition coefficient (Wildman–Crippen LogP) is 3.66. The molecule has 0 radical (unpaired) electrons. The summed E-state index contributed by atoms with van der Waals surface area (Å²) in [5, 5.41) is 4.63. The Labute approximate surface area is 110 Å². The number of hydrogen-bond donors (Lipinski definition) is 0. The van der Waals surface area contributed by atoms with E-state index in [4.69, 9.17) is 16.3 Å². The lowest BCUT2D eigenvalue weighted by atomic mass is 10.2. The SMILES string of the molecule is CCCn1cc(OCc2cc(Cl)ccc2F)cn1. The van der Waals surface area contributed by atoms with Crippen molar-refractivity contribution in [3.8, 4) is 5.75 Å². The fraction of sp³-hybridized carbons (Fsp3) is 0.308. The van der Waals surface area contributed by atoms with Crippen LogP contribution in [0, 0.1) is 5.82 Å². The molecule has 2 aromatic rings. The molecule has 1 heterocycles. The average Bonchev–Trinajstić information content (AvgIpc) is 2.79. The standard InChI is InChI=1S/C13H14ClFN2O/c1-2-5-17-8-12(7-16-17)18-9-10-6-11(14)3-4-13(10)15/h3-4,6-8H,2,5,9H2,1H3. The molecule has 96 valence electrons. The third-order valence-electron chi connectivity index (χ3n) is 2.46. The third-order valence-corrected chi connectivity index (χ3v) is 2.70. The van der Waals surface area contributed by atoms with Gasteiger partial charge in [-0.25, -0.2) is 4.39 Å². The zero-order chi connectivity index (χ0) is 13.0. The van der Waals surface area contributed by atoms with Crippen LogP contribution in [0.4, 0.5) is 4.39 Å². The summed E-state index contributed by atoms with van der Waals surface area (Å²) in [5.41, 5.74) is 0.436. The van der Waals surface area contributed by atoms with Crippen LogP contribution in [0.3, 0.4) is 0 Å². The maximum atomic E-state index is 13.4. The lowest BCUT2D eigenvalue weighted by Crippen LogP contribution is -1.98. The first kappa shape index (κ1) is 12.9. The van der Waals surface area contributed by atoms with E-state index in [2.05, 4.69) is 12.0 Å². The number of halogens is 2. The van der Waals surface area contributed by atoms with Crippen molar-refractivity contribution < 1.29 is 9.13 Å². The van der Waals surface area contributed by atoms with Crippen molar-refractivity contribution in [2.45, 2.75) is 26.5 Å². The molecule has 5 heteroatoms. The normalized spacial score (nSPS) is 10.6. The number of rotatable bonds is 5. The van der Waals surface area contributed by atoms with Crippen LogP contribution in [0.5, 0.6) is 5.75 Å². The second kappa shape index (κ2) is 5.87. The lowest BCUT2D eigenvalue weighted by Gasteiger charge is -2.05. The molecule has 18 heavy (non-hydrogen) atoms. The highest BCUT2D eigenvalue weighted by Crippen LogP contribution is 2.17. The molecule has 0 aliphatic carbocycles. The summed E-state index contributed by atoms with van der Waals surface area (Å²) in [6.07, 6.45) is 4.42. The topological polar surface area (TPSA) is 27.1 Å². The van der Waals surface area contributed by atoms with Gasteiger partial charge in [-0.05, 0) is 24.6 Å². The van der Waals surface area contributed by atoms with Gasteiger partial charge in [0.05, 0.1) is 12.4 Å². The van der Waals surface area contributed by atoms with Gasteiger partial charge in [-0.1, -0.05) is 18.5 Å². The zero-order valence-electron chi connectivity index (χ0n) is 10.1. The maximum Gasteiger partial charge on any atom is 0.157 e. The van der Waals surface area contributed by atoms with E-state index in [1.165, 1.54) is 12.1 Å². The second-order valence-electron chi connectivity index (χ2n) is 3.96. The summed E-state index contributed by atoms with van der Waals surface area (Å²) in [6.45, 7) is 3.06. The van der Waals surface area contributed by atoms with Crippen LogP contribution in [-0.4, -0.2) is 9.78 Å². The number of aryl methyl sites for hydroxylation is 1. The van der Waals surface area contributed by atoms with Crippen molar-refractivity contribution >= 4 is 11.6 Å². The molecule has 0 N–H and O–H groups in total. The van der Waals surface area contributed by atoms with E-state index in [9.17, 15) is 4.39 Å². The molecule has 0 aliphatic rings. The predicted molar refractivity (Wildman–Crippen MR) is 68.3 cm³/mol. The molecular formula is C13H14ClFN2O. The monoisotopic (exact) mass is 268 g/mol. The van der Waals surface area contributed by atoms with Gasteiger partial charge >= 0.3 is 0 Å². The minimum absolute atomic E-state index is 0.143. The van der Waals surface area contributed by atoms with Crippen LogP contribution < -0.4 is 4.74 Å². The Morgan fingerprint density at radius 1 is 1.44 bits per heavy atom. The van der Waals surface area contributed by atoms with Gasteiger partial charge in [-0.15, -0.1) is 0 Å². The molecule has 0 fully saturated rings. The molecule has 0 spiro atoms. The largest absolute Gasteiger partial charge is 0.486 e. The molecule has 0 saturated carbocycles. The highest BCUT2D eigenvalue weighted by atomic mass is 35.5. The fourth-order valence-electron chi connectivity index (χ4n) is 1.59. The van der Waals surface area contributed by atoms with E-state index < -0.39 is 0 Å². The second-order valence-corrected chi connectivity index (χ2v) is 4.40. The average molecular weight is 269 g/mol. The summed E-state index contributed by atoms with van der Waals surface area (Å²) < 4.78 is 20.7. The van der Waals surface area contributed by atoms with Crippen molar-refractivity contribution in [1.29, 1.82) is 0 Å².